The first-order valence-electron chi connectivity index (χ1n) is 10.5. The third-order valence-electron chi connectivity index (χ3n) is 5.25. The fraction of sp³-hybridized carbons (Fsp3) is 0.160. The van der Waals surface area contributed by atoms with Gasteiger partial charge in [-0.1, -0.05) is 24.3 Å². The molecule has 0 fully saturated rings. The maximum Gasteiger partial charge on any atom is 0.323 e. The molecule has 0 unspecified atom stereocenters. The number of amides is 2. The van der Waals surface area contributed by atoms with Gasteiger partial charge in [-0.05, 0) is 49.7 Å². The molecule has 0 atom stereocenters. The number of halogens is 1. The van der Waals surface area contributed by atoms with E-state index in [4.69, 9.17) is 0 Å². The zero-order valence-electron chi connectivity index (χ0n) is 18.5. The number of aromatic nitrogens is 2. The molecule has 4 aromatic rings. The summed E-state index contributed by atoms with van der Waals surface area (Å²) in [6.07, 6.45) is 1.69. The summed E-state index contributed by atoms with van der Waals surface area (Å²) >= 11 is 0. The van der Waals surface area contributed by atoms with Gasteiger partial charge in [0.25, 0.3) is 5.56 Å². The van der Waals surface area contributed by atoms with E-state index in [0.29, 0.717) is 22.6 Å². The summed E-state index contributed by atoms with van der Waals surface area (Å²) in [7, 11) is 1.77. The van der Waals surface area contributed by atoms with E-state index in [1.807, 2.05) is 26.0 Å². The number of nitrogens with zero attached hydrogens (tertiary/aromatic N) is 2. The van der Waals surface area contributed by atoms with Crippen molar-refractivity contribution < 1.29 is 9.18 Å². The molecule has 2 aromatic carbocycles. The molecule has 2 amide bonds. The molecule has 0 aliphatic carbocycles. The van der Waals surface area contributed by atoms with E-state index < -0.39 is 11.8 Å². The summed E-state index contributed by atoms with van der Waals surface area (Å²) in [4.78, 5) is 30.1. The first kappa shape index (κ1) is 22.0. The van der Waals surface area contributed by atoms with Gasteiger partial charge in [-0.15, -0.1) is 0 Å². The second kappa shape index (κ2) is 9.12. The van der Waals surface area contributed by atoms with Crippen molar-refractivity contribution in [3.63, 3.8) is 0 Å². The molecular weight excluding hydrogens is 421 g/mol. The molecule has 3 N–H and O–H groups in total. The van der Waals surface area contributed by atoms with E-state index in [1.165, 1.54) is 18.2 Å². The Morgan fingerprint density at radius 1 is 1.03 bits per heavy atom. The number of anilines is 3. The van der Waals surface area contributed by atoms with Gasteiger partial charge >= 0.3 is 6.03 Å². The van der Waals surface area contributed by atoms with Gasteiger partial charge in [0.05, 0.1) is 11.2 Å². The molecule has 2 heterocycles. The monoisotopic (exact) mass is 445 g/mol. The lowest BCUT2D eigenvalue weighted by atomic mass is 10.0. The van der Waals surface area contributed by atoms with Crippen molar-refractivity contribution in [2.45, 2.75) is 19.9 Å². The molecule has 7 nitrogen and oxygen atoms in total. The molecule has 168 valence electrons. The van der Waals surface area contributed by atoms with Crippen LogP contribution in [0.2, 0.25) is 0 Å². The van der Waals surface area contributed by atoms with Crippen LogP contribution < -0.4 is 21.5 Å². The Morgan fingerprint density at radius 2 is 1.79 bits per heavy atom. The number of hydrogen-bond donors (Lipinski definition) is 3. The minimum atomic E-state index is -0.604. The number of pyridine rings is 2. The normalized spacial score (nSPS) is 10.9. The van der Waals surface area contributed by atoms with Gasteiger partial charge in [0, 0.05) is 42.0 Å². The van der Waals surface area contributed by atoms with Gasteiger partial charge in [0.1, 0.15) is 11.6 Å². The average molecular weight is 445 g/mol. The highest BCUT2D eigenvalue weighted by molar-refractivity contribution is 6.00. The van der Waals surface area contributed by atoms with E-state index in [2.05, 4.69) is 20.9 Å². The van der Waals surface area contributed by atoms with Crippen molar-refractivity contribution >= 4 is 34.1 Å². The highest BCUT2D eigenvalue weighted by atomic mass is 19.1. The van der Waals surface area contributed by atoms with E-state index >= 15 is 0 Å². The Kier molecular flexibility index (Phi) is 6.08. The Morgan fingerprint density at radius 3 is 2.48 bits per heavy atom. The molecule has 0 aliphatic heterocycles. The van der Waals surface area contributed by atoms with Crippen LogP contribution in [0.15, 0.2) is 71.7 Å². The van der Waals surface area contributed by atoms with Crippen molar-refractivity contribution in [1.82, 2.24) is 9.55 Å². The first-order chi connectivity index (χ1) is 15.9. The lowest BCUT2D eigenvalue weighted by molar-refractivity contribution is 0.262. The zero-order chi connectivity index (χ0) is 23.5. The van der Waals surface area contributed by atoms with Gasteiger partial charge in [0.15, 0.2) is 0 Å². The van der Waals surface area contributed by atoms with Crippen LogP contribution in [0.5, 0.6) is 0 Å². The molecule has 2 aromatic heterocycles. The minimum absolute atomic E-state index is 0.0276. The number of carbonyl (C=O) groups excluding carboxylic acids is 1. The zero-order valence-corrected chi connectivity index (χ0v) is 18.5. The number of benzene rings is 2. The number of para-hydroxylation sites is 1. The van der Waals surface area contributed by atoms with Crippen molar-refractivity contribution in [3.8, 4) is 11.1 Å². The van der Waals surface area contributed by atoms with Gasteiger partial charge in [-0.2, -0.15) is 0 Å². The fourth-order valence-corrected chi connectivity index (χ4v) is 3.68. The van der Waals surface area contributed by atoms with Crippen molar-refractivity contribution in [2.75, 3.05) is 23.0 Å². The van der Waals surface area contributed by atoms with E-state index in [-0.39, 0.29) is 17.3 Å². The Balaban J connectivity index is 1.75. The highest BCUT2D eigenvalue weighted by Crippen LogP contribution is 2.27. The molecule has 4 rings (SSSR count). The molecule has 0 spiro atoms. The van der Waals surface area contributed by atoms with Gasteiger partial charge in [-0.3, -0.25) is 4.79 Å². The SMILES string of the molecule is CNc1cc2c(cn1)cc(-c1ccc(F)c(NC(=O)Nc3ccccc3)c1)c(=O)n2C(C)C. The van der Waals surface area contributed by atoms with Gasteiger partial charge in [0.2, 0.25) is 0 Å². The molecule has 0 saturated carbocycles. The van der Waals surface area contributed by atoms with Crippen LogP contribution in [0.1, 0.15) is 19.9 Å². The topological polar surface area (TPSA) is 88.1 Å². The average Bonchev–Trinajstić information content (AvgIpc) is 2.80. The number of nitrogens with one attached hydrogen (secondary N) is 3. The summed E-state index contributed by atoms with van der Waals surface area (Å²) in [5, 5.41) is 8.94. The predicted octanol–water partition coefficient (Wildman–Crippen LogP) is 5.47. The Bertz CT molecular complexity index is 1380. The Hall–Kier alpha value is -4.20. The van der Waals surface area contributed by atoms with Crippen molar-refractivity contribution in [3.05, 3.63) is 83.0 Å². The van der Waals surface area contributed by atoms with Gasteiger partial charge < -0.3 is 20.5 Å². The van der Waals surface area contributed by atoms with Crippen molar-refractivity contribution in [1.29, 1.82) is 0 Å². The molecule has 0 bridgehead atoms. The summed E-state index contributed by atoms with van der Waals surface area (Å²) < 4.78 is 16.2. The molecular formula is C25H24FN5O2. The molecule has 0 saturated heterocycles. The number of rotatable bonds is 5. The van der Waals surface area contributed by atoms with Crippen LogP contribution in [0, 0.1) is 5.82 Å². The molecule has 8 heteroatoms. The smallest absolute Gasteiger partial charge is 0.323 e. The highest BCUT2D eigenvalue weighted by Gasteiger charge is 2.16. The lowest BCUT2D eigenvalue weighted by Gasteiger charge is -2.17. The predicted molar refractivity (Wildman–Crippen MR) is 130 cm³/mol. The van der Waals surface area contributed by atoms with E-state index in [1.54, 1.807) is 48.1 Å². The van der Waals surface area contributed by atoms with Crippen LogP contribution >= 0.6 is 0 Å². The maximum absolute atomic E-state index is 14.5. The quantitative estimate of drug-likeness (QED) is 0.380. The van der Waals surface area contributed by atoms with Crippen LogP contribution in [0.3, 0.4) is 0 Å². The summed E-state index contributed by atoms with van der Waals surface area (Å²) in [6, 6.07) is 15.9. The third kappa shape index (κ3) is 4.55. The van der Waals surface area contributed by atoms with Crippen molar-refractivity contribution in [2.24, 2.45) is 0 Å². The van der Waals surface area contributed by atoms with Crippen LogP contribution in [-0.4, -0.2) is 22.6 Å². The lowest BCUT2D eigenvalue weighted by Crippen LogP contribution is -2.24. The summed E-state index contributed by atoms with van der Waals surface area (Å²) in [6.45, 7) is 3.85. The summed E-state index contributed by atoms with van der Waals surface area (Å²) in [5.74, 6) is 0.0500. The number of urea groups is 1. The molecule has 0 radical (unpaired) electrons. The van der Waals surface area contributed by atoms with Crippen LogP contribution in [0.25, 0.3) is 22.0 Å². The minimum Gasteiger partial charge on any atom is -0.373 e. The van der Waals surface area contributed by atoms with Gasteiger partial charge in [-0.25, -0.2) is 14.2 Å². The number of hydrogen-bond acceptors (Lipinski definition) is 4. The summed E-state index contributed by atoms with van der Waals surface area (Å²) in [5.41, 5.74) is 1.97. The van der Waals surface area contributed by atoms with Crippen LogP contribution in [-0.2, 0) is 0 Å². The fourth-order valence-electron chi connectivity index (χ4n) is 3.68. The van der Waals surface area contributed by atoms with Crippen LogP contribution in [0.4, 0.5) is 26.4 Å². The number of fused-ring (bicyclic) bond motifs is 1. The van der Waals surface area contributed by atoms with E-state index in [9.17, 15) is 14.0 Å². The second-order valence-electron chi connectivity index (χ2n) is 7.85. The molecule has 33 heavy (non-hydrogen) atoms. The standard InChI is InChI=1S/C25H24FN5O2/c1-15(2)31-22-13-23(27-3)28-14-17(22)11-19(24(31)32)16-9-10-20(26)21(12-16)30-25(33)29-18-7-5-4-6-8-18/h4-15H,1-3H3,(H,27,28)(H2,29,30,33). The second-order valence-corrected chi connectivity index (χ2v) is 7.85. The third-order valence-corrected chi connectivity index (χ3v) is 5.25. The van der Waals surface area contributed by atoms with E-state index in [0.717, 1.165) is 10.9 Å². The number of carbonyl (C=O) groups is 1. The first-order valence-corrected chi connectivity index (χ1v) is 10.5. The maximum atomic E-state index is 14.5. The molecule has 0 aliphatic rings. The largest absolute Gasteiger partial charge is 0.373 e. The Labute approximate surface area is 190 Å².